The van der Waals surface area contributed by atoms with Crippen molar-refractivity contribution in [3.63, 3.8) is 0 Å². The summed E-state index contributed by atoms with van der Waals surface area (Å²) < 4.78 is 19.0. The van der Waals surface area contributed by atoms with Crippen molar-refractivity contribution in [2.75, 3.05) is 31.6 Å². The van der Waals surface area contributed by atoms with Gasteiger partial charge in [0.2, 0.25) is 5.91 Å². The molecule has 2 aliphatic rings. The van der Waals surface area contributed by atoms with Crippen LogP contribution < -0.4 is 5.32 Å². The summed E-state index contributed by atoms with van der Waals surface area (Å²) >= 11 is 0. The lowest BCUT2D eigenvalue weighted by atomic mass is 9.91. The standard InChI is InChI=1S/C19H27FN2O2/c20-17-5-1-2-6-18(17)21-19(23)8-7-15-4-3-11-22(14-15)16-9-12-24-13-10-16/h1-2,5-6,15-16H,3-4,7-14H2,(H,21,23). The number of halogens is 1. The number of hydrogen-bond acceptors (Lipinski definition) is 3. The molecule has 0 aliphatic carbocycles. The predicted molar refractivity (Wildman–Crippen MR) is 92.4 cm³/mol. The fraction of sp³-hybridized carbons (Fsp3) is 0.632. The molecule has 5 heteroatoms. The Labute approximate surface area is 143 Å². The number of rotatable bonds is 5. The average molecular weight is 334 g/mol. The summed E-state index contributed by atoms with van der Waals surface area (Å²) in [5.41, 5.74) is 0.273. The largest absolute Gasteiger partial charge is 0.381 e. The summed E-state index contributed by atoms with van der Waals surface area (Å²) in [6.07, 6.45) is 5.98. The van der Waals surface area contributed by atoms with Crippen molar-refractivity contribution in [2.45, 2.75) is 44.6 Å². The molecule has 0 spiro atoms. The minimum absolute atomic E-state index is 0.0942. The fourth-order valence-corrected chi connectivity index (χ4v) is 3.83. The van der Waals surface area contributed by atoms with Gasteiger partial charge in [-0.15, -0.1) is 0 Å². The van der Waals surface area contributed by atoms with Crippen LogP contribution in [0.3, 0.4) is 0 Å². The van der Waals surface area contributed by atoms with E-state index >= 15 is 0 Å². The zero-order valence-corrected chi connectivity index (χ0v) is 14.2. The summed E-state index contributed by atoms with van der Waals surface area (Å²) in [6.45, 7) is 3.99. The third-order valence-corrected chi connectivity index (χ3v) is 5.19. The van der Waals surface area contributed by atoms with Gasteiger partial charge in [0.05, 0.1) is 5.69 Å². The Balaban J connectivity index is 1.44. The number of amides is 1. The van der Waals surface area contributed by atoms with Gasteiger partial charge in [-0.25, -0.2) is 4.39 Å². The van der Waals surface area contributed by atoms with E-state index in [9.17, 15) is 9.18 Å². The first-order valence-corrected chi connectivity index (χ1v) is 9.08. The number of nitrogens with zero attached hydrogens (tertiary/aromatic N) is 1. The van der Waals surface area contributed by atoms with E-state index in [2.05, 4.69) is 10.2 Å². The molecule has 24 heavy (non-hydrogen) atoms. The number of hydrogen-bond donors (Lipinski definition) is 1. The van der Waals surface area contributed by atoms with Crippen molar-refractivity contribution < 1.29 is 13.9 Å². The lowest BCUT2D eigenvalue weighted by Gasteiger charge is -2.40. The van der Waals surface area contributed by atoms with Gasteiger partial charge in [0.1, 0.15) is 5.82 Å². The van der Waals surface area contributed by atoms with Crippen LogP contribution in [0.25, 0.3) is 0 Å². The lowest BCUT2D eigenvalue weighted by Crippen LogP contribution is -2.45. The zero-order valence-electron chi connectivity index (χ0n) is 14.2. The van der Waals surface area contributed by atoms with Gasteiger partial charge in [-0.2, -0.15) is 0 Å². The van der Waals surface area contributed by atoms with E-state index in [1.165, 1.54) is 25.5 Å². The molecule has 0 bridgehead atoms. The number of nitrogens with one attached hydrogen (secondary N) is 1. The average Bonchev–Trinajstić information content (AvgIpc) is 2.63. The lowest BCUT2D eigenvalue weighted by molar-refractivity contribution is -0.116. The topological polar surface area (TPSA) is 41.6 Å². The number of anilines is 1. The van der Waals surface area contributed by atoms with Crippen LogP contribution >= 0.6 is 0 Å². The monoisotopic (exact) mass is 334 g/mol. The predicted octanol–water partition coefficient (Wildman–Crippen LogP) is 3.44. The van der Waals surface area contributed by atoms with Gasteiger partial charge in [-0.3, -0.25) is 9.69 Å². The first kappa shape index (κ1) is 17.4. The summed E-state index contributed by atoms with van der Waals surface area (Å²) in [5.74, 6) is 0.0884. The van der Waals surface area contributed by atoms with Crippen LogP contribution in [-0.4, -0.2) is 43.2 Å². The van der Waals surface area contributed by atoms with E-state index in [0.29, 0.717) is 18.4 Å². The molecule has 2 saturated heterocycles. The van der Waals surface area contributed by atoms with Crippen molar-refractivity contribution in [1.29, 1.82) is 0 Å². The first-order valence-electron chi connectivity index (χ1n) is 9.08. The maximum absolute atomic E-state index is 13.6. The van der Waals surface area contributed by atoms with Gasteiger partial charge < -0.3 is 10.1 Å². The number of carbonyl (C=O) groups excluding carboxylic acids is 1. The molecule has 1 atom stereocenters. The maximum Gasteiger partial charge on any atom is 0.224 e. The second-order valence-corrected chi connectivity index (χ2v) is 6.91. The molecular formula is C19H27FN2O2. The summed E-state index contributed by atoms with van der Waals surface area (Å²) in [4.78, 5) is 14.7. The van der Waals surface area contributed by atoms with E-state index in [1.807, 2.05) is 0 Å². The van der Waals surface area contributed by atoms with Gasteiger partial charge in [-0.05, 0) is 56.7 Å². The van der Waals surface area contributed by atoms with Crippen LogP contribution in [0.15, 0.2) is 24.3 Å². The Bertz CT molecular complexity index is 546. The molecule has 132 valence electrons. The highest BCUT2D eigenvalue weighted by Gasteiger charge is 2.27. The fourth-order valence-electron chi connectivity index (χ4n) is 3.83. The van der Waals surface area contributed by atoms with Gasteiger partial charge in [0.15, 0.2) is 0 Å². The van der Waals surface area contributed by atoms with Crippen LogP contribution in [0.2, 0.25) is 0 Å². The number of carbonyl (C=O) groups is 1. The highest BCUT2D eigenvalue weighted by atomic mass is 19.1. The van der Waals surface area contributed by atoms with E-state index < -0.39 is 0 Å². The van der Waals surface area contributed by atoms with E-state index in [0.717, 1.165) is 39.0 Å². The van der Waals surface area contributed by atoms with Crippen molar-refractivity contribution in [3.8, 4) is 0 Å². The SMILES string of the molecule is O=C(CCC1CCCN(C2CCOCC2)C1)Nc1ccccc1F. The number of para-hydroxylation sites is 1. The van der Waals surface area contributed by atoms with Crippen molar-refractivity contribution >= 4 is 11.6 Å². The summed E-state index contributed by atoms with van der Waals surface area (Å²) in [6, 6.07) is 6.96. The third-order valence-electron chi connectivity index (χ3n) is 5.19. The van der Waals surface area contributed by atoms with Gasteiger partial charge in [0, 0.05) is 32.2 Å². The third kappa shape index (κ3) is 4.77. The Hall–Kier alpha value is -1.46. The van der Waals surface area contributed by atoms with Gasteiger partial charge in [-0.1, -0.05) is 12.1 Å². The van der Waals surface area contributed by atoms with Crippen LogP contribution in [0.4, 0.5) is 10.1 Å². The minimum Gasteiger partial charge on any atom is -0.381 e. The van der Waals surface area contributed by atoms with Crippen molar-refractivity contribution in [1.82, 2.24) is 4.90 Å². The van der Waals surface area contributed by atoms with E-state index in [-0.39, 0.29) is 17.4 Å². The first-order chi connectivity index (χ1) is 11.7. The zero-order chi connectivity index (χ0) is 16.8. The highest BCUT2D eigenvalue weighted by Crippen LogP contribution is 2.26. The van der Waals surface area contributed by atoms with Crippen molar-refractivity contribution in [3.05, 3.63) is 30.1 Å². The molecule has 1 aromatic rings. The molecule has 0 saturated carbocycles. The summed E-state index contributed by atoms with van der Waals surface area (Å²) in [5, 5.41) is 2.68. The Kier molecular flexibility index (Phi) is 6.21. The van der Waals surface area contributed by atoms with E-state index in [1.54, 1.807) is 18.2 Å². The molecule has 4 nitrogen and oxygen atoms in total. The minimum atomic E-state index is -0.380. The van der Waals surface area contributed by atoms with Crippen LogP contribution in [0.1, 0.15) is 38.5 Å². The number of ether oxygens (including phenoxy) is 1. The van der Waals surface area contributed by atoms with Gasteiger partial charge >= 0.3 is 0 Å². The molecular weight excluding hydrogens is 307 g/mol. The van der Waals surface area contributed by atoms with Crippen LogP contribution in [0.5, 0.6) is 0 Å². The summed E-state index contributed by atoms with van der Waals surface area (Å²) in [7, 11) is 0. The Morgan fingerprint density at radius 1 is 1.25 bits per heavy atom. The number of benzene rings is 1. The second-order valence-electron chi connectivity index (χ2n) is 6.91. The second kappa shape index (κ2) is 8.58. The van der Waals surface area contributed by atoms with Crippen molar-refractivity contribution in [2.24, 2.45) is 5.92 Å². The smallest absolute Gasteiger partial charge is 0.224 e. The molecule has 1 amide bonds. The normalized spacial score (nSPS) is 23.1. The molecule has 3 rings (SSSR count). The maximum atomic E-state index is 13.6. The van der Waals surface area contributed by atoms with E-state index in [4.69, 9.17) is 4.74 Å². The molecule has 2 fully saturated rings. The molecule has 2 aliphatic heterocycles. The molecule has 1 N–H and O–H groups in total. The molecule has 1 aromatic carbocycles. The molecule has 1 unspecified atom stereocenters. The van der Waals surface area contributed by atoms with Gasteiger partial charge in [0.25, 0.3) is 0 Å². The Morgan fingerprint density at radius 3 is 2.83 bits per heavy atom. The quantitative estimate of drug-likeness (QED) is 0.897. The highest BCUT2D eigenvalue weighted by molar-refractivity contribution is 5.90. The number of piperidine rings is 1. The van der Waals surface area contributed by atoms with Crippen LogP contribution in [-0.2, 0) is 9.53 Å². The molecule has 0 radical (unpaired) electrons. The number of likely N-dealkylation sites (tertiary alicyclic amines) is 1. The molecule has 2 heterocycles. The Morgan fingerprint density at radius 2 is 2.04 bits per heavy atom. The van der Waals surface area contributed by atoms with Crippen LogP contribution in [0, 0.1) is 11.7 Å². The molecule has 0 aromatic heterocycles.